The third-order valence-corrected chi connectivity index (χ3v) is 3.96. The van der Waals surface area contributed by atoms with E-state index < -0.39 is 11.3 Å². The minimum absolute atomic E-state index is 0.139. The summed E-state index contributed by atoms with van der Waals surface area (Å²) in [5.41, 5.74) is -0.642. The van der Waals surface area contributed by atoms with E-state index in [1.807, 2.05) is 4.90 Å². The number of nitrogens with zero attached hydrogens (tertiary/aromatic N) is 4. The number of aromatic nitrogens is 3. The highest BCUT2D eigenvalue weighted by Crippen LogP contribution is 2.20. The number of carbonyl (C=O) groups excluding carboxylic acids is 1. The van der Waals surface area contributed by atoms with Crippen LogP contribution in [0, 0.1) is 0 Å². The topological polar surface area (TPSA) is 79.8 Å². The number of hydrogen-bond acceptors (Lipinski definition) is 5. The van der Waals surface area contributed by atoms with Crippen LogP contribution in [0.15, 0.2) is 29.2 Å². The summed E-state index contributed by atoms with van der Waals surface area (Å²) in [6.45, 7) is 3.22. The maximum absolute atomic E-state index is 12.2. The molecule has 1 aliphatic rings. The van der Waals surface area contributed by atoms with Crippen LogP contribution in [0.3, 0.4) is 0 Å². The molecule has 7 heteroatoms. The summed E-state index contributed by atoms with van der Waals surface area (Å²) in [5, 5.41) is 13.9. The minimum atomic E-state index is -0.653. The van der Waals surface area contributed by atoms with E-state index in [0.29, 0.717) is 31.6 Å². The first-order valence-electron chi connectivity index (χ1n) is 7.01. The molecule has 0 saturated carbocycles. The van der Waals surface area contributed by atoms with Crippen LogP contribution in [0.5, 0.6) is 0 Å². The first-order chi connectivity index (χ1) is 9.96. The van der Waals surface area contributed by atoms with Crippen molar-refractivity contribution >= 4 is 11.6 Å². The van der Waals surface area contributed by atoms with E-state index in [2.05, 4.69) is 5.10 Å². The lowest BCUT2D eigenvalue weighted by atomic mass is 9.94. The number of aliphatic hydroxyl groups is 1. The average molecular weight is 290 g/mol. The van der Waals surface area contributed by atoms with Crippen LogP contribution < -0.4 is 5.69 Å². The zero-order valence-electron chi connectivity index (χ0n) is 11.9. The van der Waals surface area contributed by atoms with Crippen molar-refractivity contribution in [3.63, 3.8) is 0 Å². The molecule has 1 aliphatic heterocycles. The van der Waals surface area contributed by atoms with Gasteiger partial charge >= 0.3 is 5.69 Å². The van der Waals surface area contributed by atoms with Gasteiger partial charge in [0.1, 0.15) is 0 Å². The second-order valence-corrected chi connectivity index (χ2v) is 5.79. The normalized spacial score (nSPS) is 19.0. The molecule has 0 aromatic carbocycles. The van der Waals surface area contributed by atoms with Gasteiger partial charge < -0.3 is 5.11 Å². The number of pyridine rings is 1. The SMILES string of the molecule is CC1(O)CCN(CC(=O)n2nc3ccccn3c2=O)CC1. The molecular formula is C14H18N4O3. The lowest BCUT2D eigenvalue weighted by molar-refractivity contribution is -0.00504. The van der Waals surface area contributed by atoms with Gasteiger partial charge in [0.15, 0.2) is 5.65 Å². The Labute approximate surface area is 121 Å². The molecule has 0 unspecified atom stereocenters. The van der Waals surface area contributed by atoms with Crippen LogP contribution in [-0.2, 0) is 0 Å². The van der Waals surface area contributed by atoms with E-state index in [1.165, 1.54) is 4.40 Å². The van der Waals surface area contributed by atoms with Crippen molar-refractivity contribution in [1.82, 2.24) is 19.1 Å². The quantitative estimate of drug-likeness (QED) is 0.841. The van der Waals surface area contributed by atoms with Crippen molar-refractivity contribution < 1.29 is 9.90 Å². The fraction of sp³-hybridized carbons (Fsp3) is 0.500. The van der Waals surface area contributed by atoms with Crippen molar-refractivity contribution in [1.29, 1.82) is 0 Å². The number of hydrogen-bond donors (Lipinski definition) is 1. The molecule has 0 bridgehead atoms. The number of piperidine rings is 1. The molecule has 3 heterocycles. The van der Waals surface area contributed by atoms with Gasteiger partial charge in [-0.2, -0.15) is 0 Å². The molecule has 2 aromatic rings. The maximum Gasteiger partial charge on any atom is 0.357 e. The van der Waals surface area contributed by atoms with Crippen molar-refractivity contribution in [3.05, 3.63) is 34.9 Å². The summed E-state index contributed by atoms with van der Waals surface area (Å²) in [7, 11) is 0. The summed E-state index contributed by atoms with van der Waals surface area (Å²) in [4.78, 5) is 26.3. The monoisotopic (exact) mass is 290 g/mol. The summed E-state index contributed by atoms with van der Waals surface area (Å²) in [6, 6.07) is 5.17. The average Bonchev–Trinajstić information content (AvgIpc) is 2.79. The summed E-state index contributed by atoms with van der Waals surface area (Å²) >= 11 is 0. The molecule has 0 amide bonds. The molecule has 112 valence electrons. The van der Waals surface area contributed by atoms with Gasteiger partial charge in [-0.1, -0.05) is 6.07 Å². The first-order valence-corrected chi connectivity index (χ1v) is 7.01. The summed E-state index contributed by atoms with van der Waals surface area (Å²) in [5.74, 6) is -0.342. The molecule has 0 radical (unpaired) electrons. The number of fused-ring (bicyclic) bond motifs is 1. The van der Waals surface area contributed by atoms with Gasteiger partial charge in [0.25, 0.3) is 5.91 Å². The van der Waals surface area contributed by atoms with Gasteiger partial charge in [-0.05, 0) is 31.9 Å². The van der Waals surface area contributed by atoms with E-state index in [9.17, 15) is 14.7 Å². The van der Waals surface area contributed by atoms with Crippen molar-refractivity contribution in [2.75, 3.05) is 19.6 Å². The van der Waals surface area contributed by atoms with Crippen molar-refractivity contribution in [3.8, 4) is 0 Å². The molecule has 1 fully saturated rings. The van der Waals surface area contributed by atoms with Crippen LogP contribution in [0.4, 0.5) is 0 Å². The van der Waals surface area contributed by atoms with Gasteiger partial charge in [-0.15, -0.1) is 9.78 Å². The largest absolute Gasteiger partial charge is 0.390 e. The van der Waals surface area contributed by atoms with Crippen LogP contribution >= 0.6 is 0 Å². The molecule has 21 heavy (non-hydrogen) atoms. The van der Waals surface area contributed by atoms with Gasteiger partial charge in [0, 0.05) is 19.3 Å². The number of rotatable bonds is 2. The second kappa shape index (κ2) is 5.09. The Morgan fingerprint density at radius 1 is 1.38 bits per heavy atom. The molecule has 1 N–H and O–H groups in total. The van der Waals surface area contributed by atoms with E-state index in [-0.39, 0.29) is 12.5 Å². The Kier molecular flexibility index (Phi) is 3.38. The number of likely N-dealkylation sites (tertiary alicyclic amines) is 1. The standard InChI is InChI=1S/C14H18N4O3/c1-14(21)5-8-16(9-6-14)10-12(19)18-13(20)17-7-3-2-4-11(17)15-18/h2-4,7,21H,5-6,8-10H2,1H3. The van der Waals surface area contributed by atoms with E-state index in [0.717, 1.165) is 4.68 Å². The highest BCUT2D eigenvalue weighted by molar-refractivity contribution is 5.80. The van der Waals surface area contributed by atoms with Gasteiger partial charge in [0.2, 0.25) is 0 Å². The fourth-order valence-corrected chi connectivity index (χ4v) is 2.54. The highest BCUT2D eigenvalue weighted by atomic mass is 16.3. The Bertz CT molecular complexity index is 721. The zero-order valence-corrected chi connectivity index (χ0v) is 11.9. The predicted octanol–water partition coefficient (Wildman–Crippen LogP) is -0.0170. The molecule has 3 rings (SSSR count). The summed E-state index contributed by atoms with van der Waals surface area (Å²) in [6.07, 6.45) is 2.84. The maximum atomic E-state index is 12.2. The Morgan fingerprint density at radius 2 is 2.10 bits per heavy atom. The fourth-order valence-electron chi connectivity index (χ4n) is 2.54. The lowest BCUT2D eigenvalue weighted by Crippen LogP contribution is -2.46. The van der Waals surface area contributed by atoms with Crippen LogP contribution in [0.1, 0.15) is 24.6 Å². The molecule has 0 atom stereocenters. The zero-order chi connectivity index (χ0) is 15.0. The Hall–Kier alpha value is -1.99. The molecule has 2 aromatic heterocycles. The highest BCUT2D eigenvalue weighted by Gasteiger charge is 2.28. The molecule has 1 saturated heterocycles. The predicted molar refractivity (Wildman–Crippen MR) is 76.4 cm³/mol. The molecule has 7 nitrogen and oxygen atoms in total. The first kappa shape index (κ1) is 14.0. The second-order valence-electron chi connectivity index (χ2n) is 5.79. The van der Waals surface area contributed by atoms with Crippen LogP contribution in [0.25, 0.3) is 5.65 Å². The van der Waals surface area contributed by atoms with E-state index in [1.54, 1.807) is 31.3 Å². The number of carbonyl (C=O) groups is 1. The van der Waals surface area contributed by atoms with Gasteiger partial charge in [-0.3, -0.25) is 9.69 Å². The lowest BCUT2D eigenvalue weighted by Gasteiger charge is -2.35. The smallest absolute Gasteiger partial charge is 0.357 e. The molecule has 0 spiro atoms. The van der Waals surface area contributed by atoms with E-state index >= 15 is 0 Å². The van der Waals surface area contributed by atoms with Crippen molar-refractivity contribution in [2.24, 2.45) is 0 Å². The van der Waals surface area contributed by atoms with Crippen molar-refractivity contribution in [2.45, 2.75) is 25.4 Å². The summed E-state index contributed by atoms with van der Waals surface area (Å²) < 4.78 is 2.26. The molecule has 0 aliphatic carbocycles. The minimum Gasteiger partial charge on any atom is -0.390 e. The van der Waals surface area contributed by atoms with Crippen LogP contribution in [0.2, 0.25) is 0 Å². The van der Waals surface area contributed by atoms with E-state index in [4.69, 9.17) is 0 Å². The molecular weight excluding hydrogens is 272 g/mol. The third-order valence-electron chi connectivity index (χ3n) is 3.96. The van der Waals surface area contributed by atoms with Gasteiger partial charge in [0.05, 0.1) is 12.1 Å². The Morgan fingerprint density at radius 3 is 2.76 bits per heavy atom. The van der Waals surface area contributed by atoms with Gasteiger partial charge in [-0.25, -0.2) is 9.20 Å². The third kappa shape index (κ3) is 2.74. The Balaban J connectivity index is 1.76. The van der Waals surface area contributed by atoms with Crippen LogP contribution in [-0.4, -0.2) is 55.3 Å².